The highest BCUT2D eigenvalue weighted by atomic mass is 19.3. The summed E-state index contributed by atoms with van der Waals surface area (Å²) in [6.45, 7) is 3.26. The lowest BCUT2D eigenvalue weighted by Gasteiger charge is -2.42. The molecule has 1 aromatic rings. The van der Waals surface area contributed by atoms with Crippen molar-refractivity contribution in [3.63, 3.8) is 0 Å². The number of carbonyl (C=O) groups excluding carboxylic acids is 1. The number of carbonyl (C=O) groups is 1. The van der Waals surface area contributed by atoms with Gasteiger partial charge in [-0.3, -0.25) is 0 Å². The number of hydrogen-bond donors (Lipinski definition) is 0. The molecule has 1 aromatic heterocycles. The topological polar surface area (TPSA) is 57.0 Å². The molecular formula is C12H15F2N3O2. The molecule has 0 aromatic carbocycles. The Morgan fingerprint density at radius 1 is 1.47 bits per heavy atom. The Labute approximate surface area is 108 Å². The molecule has 1 saturated heterocycles. The first-order valence-electron chi connectivity index (χ1n) is 6.33. The molecule has 19 heavy (non-hydrogen) atoms. The largest absolute Gasteiger partial charge is 0.460 e. The van der Waals surface area contributed by atoms with Crippen LogP contribution in [0.25, 0.3) is 0 Å². The highest BCUT2D eigenvalue weighted by Gasteiger charge is 2.66. The summed E-state index contributed by atoms with van der Waals surface area (Å²) in [5, 5.41) is 7.42. The zero-order valence-electron chi connectivity index (χ0n) is 10.7. The van der Waals surface area contributed by atoms with Gasteiger partial charge in [0.2, 0.25) is 0 Å². The van der Waals surface area contributed by atoms with E-state index in [9.17, 15) is 13.6 Å². The molecule has 0 radical (unpaired) electrons. The lowest BCUT2D eigenvalue weighted by molar-refractivity contribution is -0.162. The van der Waals surface area contributed by atoms with Gasteiger partial charge in [0, 0.05) is 24.5 Å². The number of esters is 1. The SMILES string of the molecule is CC1OC(=O)C2(n3ccnn3)CC(F)(F)C(C)CC12. The predicted molar refractivity (Wildman–Crippen MR) is 60.4 cm³/mol. The first-order valence-corrected chi connectivity index (χ1v) is 6.33. The van der Waals surface area contributed by atoms with Crippen LogP contribution < -0.4 is 0 Å². The van der Waals surface area contributed by atoms with E-state index in [1.54, 1.807) is 6.92 Å². The molecule has 7 heteroatoms. The monoisotopic (exact) mass is 271 g/mol. The third-order valence-electron chi connectivity index (χ3n) is 4.49. The van der Waals surface area contributed by atoms with Crippen LogP contribution in [0, 0.1) is 11.8 Å². The molecule has 0 N–H and O–H groups in total. The Morgan fingerprint density at radius 2 is 2.21 bits per heavy atom. The van der Waals surface area contributed by atoms with Gasteiger partial charge in [-0.1, -0.05) is 12.1 Å². The van der Waals surface area contributed by atoms with Crippen LogP contribution in [-0.4, -0.2) is 33.0 Å². The van der Waals surface area contributed by atoms with Crippen molar-refractivity contribution < 1.29 is 18.3 Å². The fourth-order valence-corrected chi connectivity index (χ4v) is 3.33. The molecule has 2 heterocycles. The van der Waals surface area contributed by atoms with Gasteiger partial charge in [-0.15, -0.1) is 5.10 Å². The van der Waals surface area contributed by atoms with E-state index in [1.165, 1.54) is 24.0 Å². The minimum absolute atomic E-state index is 0.236. The lowest BCUT2D eigenvalue weighted by atomic mass is 9.67. The minimum Gasteiger partial charge on any atom is -0.460 e. The number of halogens is 2. The molecule has 1 aliphatic heterocycles. The van der Waals surface area contributed by atoms with Gasteiger partial charge in [0.25, 0.3) is 5.92 Å². The fourth-order valence-electron chi connectivity index (χ4n) is 3.33. The third-order valence-corrected chi connectivity index (χ3v) is 4.49. The number of ether oxygens (including phenoxy) is 1. The highest BCUT2D eigenvalue weighted by Crippen LogP contribution is 2.54. The molecule has 0 amide bonds. The molecule has 1 aliphatic carbocycles. The Morgan fingerprint density at radius 3 is 2.84 bits per heavy atom. The van der Waals surface area contributed by atoms with E-state index < -0.39 is 29.8 Å². The summed E-state index contributed by atoms with van der Waals surface area (Å²) in [6.07, 6.45) is 2.13. The summed E-state index contributed by atoms with van der Waals surface area (Å²) in [4.78, 5) is 12.2. The summed E-state index contributed by atoms with van der Waals surface area (Å²) >= 11 is 0. The summed E-state index contributed by atoms with van der Waals surface area (Å²) in [7, 11) is 0. The molecule has 1 saturated carbocycles. The van der Waals surface area contributed by atoms with Gasteiger partial charge < -0.3 is 4.74 Å². The molecule has 3 rings (SSSR count). The number of fused-ring (bicyclic) bond motifs is 1. The van der Waals surface area contributed by atoms with Crippen molar-refractivity contribution in [3.05, 3.63) is 12.4 Å². The normalized spacial score (nSPS) is 40.8. The van der Waals surface area contributed by atoms with E-state index >= 15 is 0 Å². The third kappa shape index (κ3) is 1.53. The average molecular weight is 271 g/mol. The van der Waals surface area contributed by atoms with Crippen LogP contribution in [-0.2, 0) is 15.1 Å². The second-order valence-electron chi connectivity index (χ2n) is 5.56. The summed E-state index contributed by atoms with van der Waals surface area (Å²) < 4.78 is 34.7. The number of alkyl halides is 2. The predicted octanol–water partition coefficient (Wildman–Crippen LogP) is 1.60. The minimum atomic E-state index is -2.91. The zero-order chi connectivity index (χ0) is 13.8. The maximum Gasteiger partial charge on any atom is 0.335 e. The van der Waals surface area contributed by atoms with Gasteiger partial charge in [0.1, 0.15) is 6.10 Å². The first-order chi connectivity index (χ1) is 8.88. The molecule has 4 unspecified atom stereocenters. The molecule has 2 fully saturated rings. The Balaban J connectivity index is 2.13. The Hall–Kier alpha value is -1.53. The average Bonchev–Trinajstić information content (AvgIpc) is 2.91. The quantitative estimate of drug-likeness (QED) is 0.728. The summed E-state index contributed by atoms with van der Waals surface area (Å²) in [6, 6.07) is 0. The number of nitrogens with zero attached hydrogens (tertiary/aromatic N) is 3. The smallest absolute Gasteiger partial charge is 0.335 e. The van der Waals surface area contributed by atoms with Crippen LogP contribution in [0.15, 0.2) is 12.4 Å². The van der Waals surface area contributed by atoms with Crippen molar-refractivity contribution >= 4 is 5.97 Å². The first kappa shape index (κ1) is 12.5. The van der Waals surface area contributed by atoms with Gasteiger partial charge in [0.05, 0.1) is 6.20 Å². The van der Waals surface area contributed by atoms with Gasteiger partial charge in [-0.2, -0.15) is 0 Å². The van der Waals surface area contributed by atoms with Gasteiger partial charge in [-0.05, 0) is 13.3 Å². The van der Waals surface area contributed by atoms with Crippen LogP contribution in [0.3, 0.4) is 0 Å². The van der Waals surface area contributed by atoms with Crippen LogP contribution in [0.4, 0.5) is 8.78 Å². The second kappa shape index (κ2) is 3.74. The van der Waals surface area contributed by atoms with Gasteiger partial charge >= 0.3 is 5.97 Å². The Bertz CT molecular complexity index is 505. The number of aromatic nitrogens is 3. The van der Waals surface area contributed by atoms with Crippen molar-refractivity contribution in [2.24, 2.45) is 11.8 Å². The molecule has 0 spiro atoms. The van der Waals surface area contributed by atoms with E-state index in [-0.39, 0.29) is 18.4 Å². The molecule has 2 aliphatic rings. The van der Waals surface area contributed by atoms with Crippen molar-refractivity contribution in [2.45, 2.75) is 44.3 Å². The van der Waals surface area contributed by atoms with Gasteiger partial charge in [-0.25, -0.2) is 18.3 Å². The fraction of sp³-hybridized carbons (Fsp3) is 0.750. The van der Waals surface area contributed by atoms with Crippen LogP contribution in [0.5, 0.6) is 0 Å². The summed E-state index contributed by atoms with van der Waals surface area (Å²) in [5.41, 5.74) is -1.41. The number of cyclic esters (lactones) is 1. The maximum absolute atomic E-state index is 14.1. The van der Waals surface area contributed by atoms with E-state index in [1.807, 2.05) is 0 Å². The van der Waals surface area contributed by atoms with Crippen molar-refractivity contribution in [1.82, 2.24) is 15.0 Å². The van der Waals surface area contributed by atoms with Crippen LogP contribution >= 0.6 is 0 Å². The van der Waals surface area contributed by atoms with E-state index in [0.717, 1.165) is 0 Å². The summed E-state index contributed by atoms with van der Waals surface area (Å²) in [5.74, 6) is -4.60. The Kier molecular flexibility index (Phi) is 2.46. The number of rotatable bonds is 1. The van der Waals surface area contributed by atoms with Crippen LogP contribution in [0.1, 0.15) is 26.7 Å². The van der Waals surface area contributed by atoms with E-state index in [4.69, 9.17) is 4.74 Å². The second-order valence-corrected chi connectivity index (χ2v) is 5.56. The van der Waals surface area contributed by atoms with Crippen molar-refractivity contribution in [3.8, 4) is 0 Å². The molecule has 5 nitrogen and oxygen atoms in total. The lowest BCUT2D eigenvalue weighted by Crippen LogP contribution is -2.55. The van der Waals surface area contributed by atoms with Crippen molar-refractivity contribution in [1.29, 1.82) is 0 Å². The van der Waals surface area contributed by atoms with Crippen molar-refractivity contribution in [2.75, 3.05) is 0 Å². The zero-order valence-corrected chi connectivity index (χ0v) is 10.7. The molecule has 4 atom stereocenters. The number of hydrogen-bond acceptors (Lipinski definition) is 4. The van der Waals surface area contributed by atoms with Gasteiger partial charge in [0.15, 0.2) is 5.54 Å². The molecule has 104 valence electrons. The van der Waals surface area contributed by atoms with Crippen LogP contribution in [0.2, 0.25) is 0 Å². The standard InChI is InChI=1S/C12H15F2N3O2/c1-7-5-9-8(2)19-10(18)11(9,6-12(7,13)14)17-4-3-15-16-17/h3-4,7-9H,5-6H2,1-2H3. The molecule has 0 bridgehead atoms. The van der Waals surface area contributed by atoms with E-state index in [0.29, 0.717) is 0 Å². The highest BCUT2D eigenvalue weighted by molar-refractivity contribution is 5.82. The maximum atomic E-state index is 14.1. The molecular weight excluding hydrogens is 256 g/mol. The van der Waals surface area contributed by atoms with E-state index in [2.05, 4.69) is 10.3 Å².